The van der Waals surface area contributed by atoms with Crippen LogP contribution in [-0.2, 0) is 35.6 Å². The van der Waals surface area contributed by atoms with E-state index in [-0.39, 0.29) is 24.1 Å². The van der Waals surface area contributed by atoms with Gasteiger partial charge in [-0.2, -0.15) is 4.98 Å². The number of aromatic nitrogens is 2. The van der Waals surface area contributed by atoms with Crippen molar-refractivity contribution in [2.45, 2.75) is 45.2 Å². The number of ether oxygens (including phenoxy) is 4. The number of amides is 1. The van der Waals surface area contributed by atoms with Gasteiger partial charge in [0.25, 0.3) is 5.56 Å². The zero-order valence-corrected chi connectivity index (χ0v) is 16.6. The first-order valence-corrected chi connectivity index (χ1v) is 8.83. The highest BCUT2D eigenvalue weighted by molar-refractivity contribution is 5.96. The average Bonchev–Trinajstić information content (AvgIpc) is 2.64. The van der Waals surface area contributed by atoms with E-state index in [0.29, 0.717) is 0 Å². The van der Waals surface area contributed by atoms with Crippen LogP contribution in [0.2, 0.25) is 0 Å². The predicted molar refractivity (Wildman–Crippen MR) is 97.4 cm³/mol. The van der Waals surface area contributed by atoms with Crippen molar-refractivity contribution in [3.05, 3.63) is 10.4 Å². The first-order chi connectivity index (χ1) is 13.6. The molecule has 1 aromatic rings. The molecule has 0 aliphatic carbocycles. The minimum Gasteiger partial charge on any atom is -0.468 e. The number of carbonyl (C=O) groups excluding carboxylic acids is 3. The minimum absolute atomic E-state index is 0.0355. The maximum atomic E-state index is 12.9. The van der Waals surface area contributed by atoms with Gasteiger partial charge in [-0.05, 0) is 0 Å². The van der Waals surface area contributed by atoms with E-state index < -0.39 is 47.9 Å². The molecule has 0 bridgehead atoms. The Balaban J connectivity index is 2.15. The van der Waals surface area contributed by atoms with Crippen LogP contribution in [0.5, 0.6) is 6.01 Å². The van der Waals surface area contributed by atoms with Crippen LogP contribution in [0, 0.1) is 0 Å². The Morgan fingerprint density at radius 3 is 2.38 bits per heavy atom. The monoisotopic (exact) mass is 410 g/mol. The first-order valence-electron chi connectivity index (χ1n) is 8.83. The van der Waals surface area contributed by atoms with Gasteiger partial charge < -0.3 is 24.3 Å². The SMILES string of the molecule is COc1nc2c(c(=O)n1C)N(C(C)=O)[C@@H]1[C@H](OC(C)=O)[C@@H](OC(C)=O)CO[C@@H]1N2. The largest absolute Gasteiger partial charge is 0.468 e. The van der Waals surface area contributed by atoms with Crippen molar-refractivity contribution in [1.29, 1.82) is 0 Å². The Labute approximate surface area is 165 Å². The Kier molecular flexibility index (Phi) is 5.46. The molecule has 12 heteroatoms. The lowest BCUT2D eigenvalue weighted by Crippen LogP contribution is -2.68. The zero-order chi connectivity index (χ0) is 21.5. The summed E-state index contributed by atoms with van der Waals surface area (Å²) >= 11 is 0. The van der Waals surface area contributed by atoms with Crippen LogP contribution in [0.4, 0.5) is 11.5 Å². The van der Waals surface area contributed by atoms with Gasteiger partial charge in [-0.25, -0.2) is 0 Å². The third-order valence-corrected chi connectivity index (χ3v) is 4.64. The first kappa shape index (κ1) is 20.6. The predicted octanol–water partition coefficient (Wildman–Crippen LogP) is -0.844. The summed E-state index contributed by atoms with van der Waals surface area (Å²) in [6, 6.07) is -0.932. The van der Waals surface area contributed by atoms with E-state index >= 15 is 0 Å². The van der Waals surface area contributed by atoms with Crippen molar-refractivity contribution in [3.63, 3.8) is 0 Å². The van der Waals surface area contributed by atoms with E-state index in [0.717, 1.165) is 9.47 Å². The number of fused-ring (bicyclic) bond motifs is 2. The third kappa shape index (κ3) is 3.62. The molecule has 0 saturated carbocycles. The number of hydrogen-bond acceptors (Lipinski definition) is 10. The van der Waals surface area contributed by atoms with Crippen LogP contribution >= 0.6 is 0 Å². The normalized spacial score (nSPS) is 25.2. The summed E-state index contributed by atoms with van der Waals surface area (Å²) in [6.07, 6.45) is -2.89. The fourth-order valence-corrected chi connectivity index (χ4v) is 3.57. The number of hydrogen-bond donors (Lipinski definition) is 1. The molecule has 1 N–H and O–H groups in total. The highest BCUT2D eigenvalue weighted by atomic mass is 16.6. The molecule has 0 radical (unpaired) electrons. The number of rotatable bonds is 3. The van der Waals surface area contributed by atoms with Crippen molar-refractivity contribution in [1.82, 2.24) is 9.55 Å². The molecular formula is C17H22N4O8. The second-order valence-electron chi connectivity index (χ2n) is 6.66. The number of methoxy groups -OCH3 is 1. The highest BCUT2D eigenvalue weighted by Gasteiger charge is 2.52. The van der Waals surface area contributed by atoms with Gasteiger partial charge in [0.2, 0.25) is 5.91 Å². The molecule has 0 unspecified atom stereocenters. The molecule has 2 aliphatic rings. The van der Waals surface area contributed by atoms with Gasteiger partial charge in [0.15, 0.2) is 29.9 Å². The summed E-state index contributed by atoms with van der Waals surface area (Å²) in [5.41, 5.74) is -0.601. The molecule has 1 aromatic heterocycles. The fraction of sp³-hybridized carbons (Fsp3) is 0.588. The Morgan fingerprint density at radius 1 is 1.17 bits per heavy atom. The number of anilines is 2. The van der Waals surface area contributed by atoms with Crippen molar-refractivity contribution < 1.29 is 33.3 Å². The summed E-state index contributed by atoms with van der Waals surface area (Å²) < 4.78 is 22.6. The molecule has 1 saturated heterocycles. The molecule has 12 nitrogen and oxygen atoms in total. The highest BCUT2D eigenvalue weighted by Crippen LogP contribution is 2.36. The zero-order valence-electron chi connectivity index (χ0n) is 16.6. The minimum atomic E-state index is -1.06. The molecular weight excluding hydrogens is 388 g/mol. The van der Waals surface area contributed by atoms with E-state index in [2.05, 4.69) is 10.3 Å². The summed E-state index contributed by atoms with van der Waals surface area (Å²) in [5, 5.41) is 2.95. The lowest BCUT2D eigenvalue weighted by Gasteiger charge is -2.48. The number of esters is 2. The third-order valence-electron chi connectivity index (χ3n) is 4.64. The summed E-state index contributed by atoms with van der Waals surface area (Å²) in [4.78, 5) is 54.1. The molecule has 29 heavy (non-hydrogen) atoms. The van der Waals surface area contributed by atoms with Gasteiger partial charge in [0, 0.05) is 27.8 Å². The molecule has 4 atom stereocenters. The van der Waals surface area contributed by atoms with Crippen LogP contribution in [-0.4, -0.2) is 65.6 Å². The molecule has 158 valence electrons. The lowest BCUT2D eigenvalue weighted by atomic mass is 9.96. The number of nitrogens with zero attached hydrogens (tertiary/aromatic N) is 3. The standard InChI is InChI=1S/C17H22N4O8/c1-7(22)21-11-13(29-9(3)24)10(28-8(2)23)6-27-15(11)18-14-12(21)16(25)20(4)17(19-14)26-5/h10-11,13,15,18H,6H2,1-5H3/t10-,11+,13+,15-/m0/s1. The summed E-state index contributed by atoms with van der Waals surface area (Å²) in [7, 11) is 2.81. The van der Waals surface area contributed by atoms with Gasteiger partial charge >= 0.3 is 17.9 Å². The van der Waals surface area contributed by atoms with Gasteiger partial charge in [-0.1, -0.05) is 0 Å². The smallest absolute Gasteiger partial charge is 0.303 e. The fourth-order valence-electron chi connectivity index (χ4n) is 3.57. The van der Waals surface area contributed by atoms with Crippen LogP contribution in [0.1, 0.15) is 20.8 Å². The van der Waals surface area contributed by atoms with E-state index in [1.54, 1.807) is 0 Å². The topological polar surface area (TPSA) is 138 Å². The van der Waals surface area contributed by atoms with Crippen LogP contribution in [0.3, 0.4) is 0 Å². The van der Waals surface area contributed by atoms with Crippen LogP contribution in [0.25, 0.3) is 0 Å². The van der Waals surface area contributed by atoms with E-state index in [1.165, 1.54) is 34.9 Å². The van der Waals surface area contributed by atoms with Gasteiger partial charge in [-0.15, -0.1) is 0 Å². The van der Waals surface area contributed by atoms with Crippen LogP contribution in [0.15, 0.2) is 4.79 Å². The van der Waals surface area contributed by atoms with E-state index in [1.807, 2.05) is 0 Å². The second kappa shape index (κ2) is 7.70. The molecule has 2 aliphatic heterocycles. The second-order valence-corrected chi connectivity index (χ2v) is 6.66. The van der Waals surface area contributed by atoms with E-state index in [4.69, 9.17) is 18.9 Å². The Morgan fingerprint density at radius 2 is 1.83 bits per heavy atom. The summed E-state index contributed by atoms with van der Waals surface area (Å²) in [6.45, 7) is 3.58. The quantitative estimate of drug-likeness (QED) is 0.627. The van der Waals surface area contributed by atoms with Gasteiger partial charge in [0.1, 0.15) is 6.04 Å². The maximum Gasteiger partial charge on any atom is 0.303 e. The lowest BCUT2D eigenvalue weighted by molar-refractivity contribution is -0.190. The van der Waals surface area contributed by atoms with Gasteiger partial charge in [-0.3, -0.25) is 28.6 Å². The number of nitrogens with one attached hydrogen (secondary N) is 1. The van der Waals surface area contributed by atoms with Crippen molar-refractivity contribution in [3.8, 4) is 6.01 Å². The Bertz CT molecular complexity index is 913. The molecule has 3 heterocycles. The Hall–Kier alpha value is -3.15. The molecule has 1 fully saturated rings. The molecule has 0 aromatic carbocycles. The van der Waals surface area contributed by atoms with Crippen molar-refractivity contribution in [2.75, 3.05) is 23.9 Å². The van der Waals surface area contributed by atoms with Gasteiger partial charge in [0.05, 0.1) is 13.7 Å². The molecule has 0 spiro atoms. The average molecular weight is 410 g/mol. The van der Waals surface area contributed by atoms with Crippen molar-refractivity contribution in [2.24, 2.45) is 7.05 Å². The molecule has 1 amide bonds. The van der Waals surface area contributed by atoms with Crippen molar-refractivity contribution >= 4 is 29.4 Å². The number of carbonyl (C=O) groups is 3. The maximum absolute atomic E-state index is 12.9. The molecule has 3 rings (SSSR count). The van der Waals surface area contributed by atoms with E-state index in [9.17, 15) is 19.2 Å². The van der Waals surface area contributed by atoms with Crippen LogP contribution < -0.4 is 20.5 Å². The summed E-state index contributed by atoms with van der Waals surface area (Å²) in [5.74, 6) is -1.65.